The van der Waals surface area contributed by atoms with E-state index in [0.29, 0.717) is 29.9 Å². The average molecular weight is 499 g/mol. The van der Waals surface area contributed by atoms with Crippen molar-refractivity contribution in [3.8, 4) is 0 Å². The predicted molar refractivity (Wildman–Crippen MR) is 138 cm³/mol. The van der Waals surface area contributed by atoms with Gasteiger partial charge in [0.05, 0.1) is 22.9 Å². The fourth-order valence-corrected chi connectivity index (χ4v) is 5.48. The van der Waals surface area contributed by atoms with Crippen LogP contribution in [0.4, 0.5) is 11.4 Å². The molecule has 1 aromatic heterocycles. The highest BCUT2D eigenvalue weighted by Gasteiger charge is 2.38. The Labute approximate surface area is 210 Å². The minimum atomic E-state index is -0.979. The summed E-state index contributed by atoms with van der Waals surface area (Å²) in [6.45, 7) is 2.12. The van der Waals surface area contributed by atoms with E-state index in [1.54, 1.807) is 13.0 Å². The minimum Gasteiger partial charge on any atom is -0.466 e. The van der Waals surface area contributed by atoms with Crippen LogP contribution >= 0.6 is 11.3 Å². The highest BCUT2D eigenvalue weighted by molar-refractivity contribution is 7.12. The topological polar surface area (TPSA) is 99.8 Å². The molecule has 1 fully saturated rings. The van der Waals surface area contributed by atoms with Crippen molar-refractivity contribution < 1.29 is 19.1 Å². The Hall–Kier alpha value is -3.07. The average Bonchev–Trinajstić information content (AvgIpc) is 3.52. The van der Waals surface area contributed by atoms with Crippen molar-refractivity contribution in [2.24, 2.45) is 0 Å². The molecule has 1 aliphatic carbocycles. The third-order valence-electron chi connectivity index (χ3n) is 6.72. The Bertz CT molecular complexity index is 1050. The Kier molecular flexibility index (Phi) is 7.95. The molecule has 1 atom stereocenters. The number of ether oxygens (including phenoxy) is 1. The summed E-state index contributed by atoms with van der Waals surface area (Å²) in [7, 11) is 1.89. The predicted octanol–water partition coefficient (Wildman–Crippen LogP) is 4.81. The maximum absolute atomic E-state index is 13.2. The van der Waals surface area contributed by atoms with E-state index < -0.39 is 5.79 Å². The van der Waals surface area contributed by atoms with Crippen molar-refractivity contribution in [3.63, 3.8) is 0 Å². The first-order valence-corrected chi connectivity index (χ1v) is 13.3. The number of carbonyl (C=O) groups excluding carboxylic acids is 3. The van der Waals surface area contributed by atoms with Gasteiger partial charge in [0.25, 0.3) is 11.8 Å². The Morgan fingerprint density at radius 1 is 1.14 bits per heavy atom. The number of anilines is 2. The third-order valence-corrected chi connectivity index (χ3v) is 7.58. The van der Waals surface area contributed by atoms with E-state index in [0.717, 1.165) is 37.1 Å². The van der Waals surface area contributed by atoms with Crippen molar-refractivity contribution in [2.75, 3.05) is 24.3 Å². The standard InChI is InChI=1S/C26H34N4O4S/c1-3-34-23(31)12-7-15-26(29-24(32)22-11-8-16-35-22)27-20-14-13-18(17-21(20)28-26)25(33)30(2)19-9-5-4-6-10-19/h8,11,13-14,16-17,19,27-28H,3-7,9-10,12,15H2,1-2H3,(H,29,32). The van der Waals surface area contributed by atoms with Gasteiger partial charge in [0.2, 0.25) is 0 Å². The molecular weight excluding hydrogens is 464 g/mol. The second-order valence-electron chi connectivity index (χ2n) is 9.21. The smallest absolute Gasteiger partial charge is 0.305 e. The van der Waals surface area contributed by atoms with Gasteiger partial charge in [-0.05, 0) is 55.8 Å². The number of hydrogen-bond acceptors (Lipinski definition) is 7. The van der Waals surface area contributed by atoms with Crippen LogP contribution in [0.1, 0.15) is 78.3 Å². The summed E-state index contributed by atoms with van der Waals surface area (Å²) < 4.78 is 5.05. The van der Waals surface area contributed by atoms with Gasteiger partial charge in [0, 0.05) is 31.5 Å². The van der Waals surface area contributed by atoms with Gasteiger partial charge in [0.1, 0.15) is 0 Å². The largest absolute Gasteiger partial charge is 0.466 e. The molecule has 1 aliphatic heterocycles. The van der Waals surface area contributed by atoms with Gasteiger partial charge < -0.3 is 25.6 Å². The van der Waals surface area contributed by atoms with Crippen LogP contribution in [0.3, 0.4) is 0 Å². The van der Waals surface area contributed by atoms with Crippen LogP contribution < -0.4 is 16.0 Å². The zero-order chi connectivity index (χ0) is 24.8. The first-order chi connectivity index (χ1) is 16.9. The van der Waals surface area contributed by atoms with Crippen molar-refractivity contribution in [1.29, 1.82) is 0 Å². The highest BCUT2D eigenvalue weighted by Crippen LogP contribution is 2.37. The van der Waals surface area contributed by atoms with Crippen LogP contribution in [0.2, 0.25) is 0 Å². The lowest BCUT2D eigenvalue weighted by Gasteiger charge is -2.32. The first-order valence-electron chi connectivity index (χ1n) is 12.4. The van der Waals surface area contributed by atoms with Gasteiger partial charge >= 0.3 is 5.97 Å². The number of nitrogens with one attached hydrogen (secondary N) is 3. The van der Waals surface area contributed by atoms with Crippen LogP contribution in [0, 0.1) is 0 Å². The number of rotatable bonds is 9. The minimum absolute atomic E-state index is 0.00364. The van der Waals surface area contributed by atoms with Gasteiger partial charge in [0.15, 0.2) is 5.79 Å². The van der Waals surface area contributed by atoms with Crippen LogP contribution in [0.15, 0.2) is 35.7 Å². The van der Waals surface area contributed by atoms with E-state index in [9.17, 15) is 14.4 Å². The van der Waals surface area contributed by atoms with E-state index in [2.05, 4.69) is 16.0 Å². The summed E-state index contributed by atoms with van der Waals surface area (Å²) in [6, 6.07) is 9.42. The van der Waals surface area contributed by atoms with Gasteiger partial charge in [-0.3, -0.25) is 14.4 Å². The van der Waals surface area contributed by atoms with Crippen LogP contribution in [-0.4, -0.2) is 48.2 Å². The molecule has 2 aliphatic rings. The summed E-state index contributed by atoms with van der Waals surface area (Å²) in [5, 5.41) is 11.7. The van der Waals surface area contributed by atoms with Crippen molar-refractivity contribution in [3.05, 3.63) is 46.2 Å². The molecule has 0 saturated heterocycles. The molecule has 2 aromatic rings. The van der Waals surface area contributed by atoms with Gasteiger partial charge in [-0.15, -0.1) is 11.3 Å². The highest BCUT2D eigenvalue weighted by atomic mass is 32.1. The lowest BCUT2D eigenvalue weighted by Crippen LogP contribution is -2.57. The second-order valence-corrected chi connectivity index (χ2v) is 10.2. The maximum atomic E-state index is 13.2. The third kappa shape index (κ3) is 5.96. The molecule has 1 saturated carbocycles. The second kappa shape index (κ2) is 11.1. The quantitative estimate of drug-likeness (QED) is 0.429. The van der Waals surface area contributed by atoms with Crippen molar-refractivity contribution in [2.45, 2.75) is 70.1 Å². The Balaban J connectivity index is 1.50. The van der Waals surface area contributed by atoms with E-state index in [1.807, 2.05) is 41.6 Å². The molecule has 2 heterocycles. The van der Waals surface area contributed by atoms with Gasteiger partial charge in [-0.1, -0.05) is 25.3 Å². The van der Waals surface area contributed by atoms with Crippen LogP contribution in [-0.2, 0) is 9.53 Å². The summed E-state index contributed by atoms with van der Waals surface area (Å²) >= 11 is 1.36. The lowest BCUT2D eigenvalue weighted by atomic mass is 9.94. The molecule has 188 valence electrons. The molecule has 0 radical (unpaired) electrons. The number of esters is 1. The van der Waals surface area contributed by atoms with Crippen molar-refractivity contribution in [1.82, 2.24) is 10.2 Å². The number of thiophene rings is 1. The monoisotopic (exact) mass is 498 g/mol. The molecule has 8 nitrogen and oxygen atoms in total. The van der Waals surface area contributed by atoms with Crippen molar-refractivity contribution >= 4 is 40.5 Å². The fourth-order valence-electron chi connectivity index (χ4n) is 4.86. The molecule has 0 spiro atoms. The summed E-state index contributed by atoms with van der Waals surface area (Å²) in [5.74, 6) is -1.45. The summed E-state index contributed by atoms with van der Waals surface area (Å²) in [5.41, 5.74) is 2.15. The molecule has 35 heavy (non-hydrogen) atoms. The van der Waals surface area contributed by atoms with Gasteiger partial charge in [-0.2, -0.15) is 0 Å². The normalized spacial score (nSPS) is 19.3. The van der Waals surface area contributed by atoms with E-state index >= 15 is 0 Å². The molecule has 0 bridgehead atoms. The number of nitrogens with zero attached hydrogens (tertiary/aromatic N) is 1. The van der Waals surface area contributed by atoms with E-state index in [1.165, 1.54) is 17.8 Å². The Morgan fingerprint density at radius 3 is 2.63 bits per heavy atom. The molecular formula is C26H34N4O4S. The number of amides is 2. The molecule has 9 heteroatoms. The molecule has 1 aromatic carbocycles. The summed E-state index contributed by atoms with van der Waals surface area (Å²) in [4.78, 5) is 40.5. The number of benzene rings is 1. The number of fused-ring (bicyclic) bond motifs is 1. The zero-order valence-corrected chi connectivity index (χ0v) is 21.2. The number of hydrogen-bond donors (Lipinski definition) is 3. The number of carbonyl (C=O) groups is 3. The molecule has 1 unspecified atom stereocenters. The Morgan fingerprint density at radius 2 is 1.91 bits per heavy atom. The zero-order valence-electron chi connectivity index (χ0n) is 20.4. The van der Waals surface area contributed by atoms with Gasteiger partial charge in [-0.25, -0.2) is 0 Å². The SMILES string of the molecule is CCOC(=O)CCCC1(NC(=O)c2cccs2)Nc2ccc(C(=O)N(C)C3CCCCC3)cc2N1. The van der Waals surface area contributed by atoms with E-state index in [4.69, 9.17) is 4.74 Å². The first kappa shape index (κ1) is 25.0. The summed E-state index contributed by atoms with van der Waals surface area (Å²) in [6.07, 6.45) is 6.86. The maximum Gasteiger partial charge on any atom is 0.305 e. The molecule has 3 N–H and O–H groups in total. The van der Waals surface area contributed by atoms with E-state index in [-0.39, 0.29) is 30.2 Å². The van der Waals surface area contributed by atoms with Crippen LogP contribution in [0.25, 0.3) is 0 Å². The molecule has 4 rings (SSSR count). The lowest BCUT2D eigenvalue weighted by molar-refractivity contribution is -0.143. The van der Waals surface area contributed by atoms with Crippen LogP contribution in [0.5, 0.6) is 0 Å². The molecule has 2 amide bonds. The fraction of sp³-hybridized carbons (Fsp3) is 0.500.